The van der Waals surface area contributed by atoms with Gasteiger partial charge in [-0.2, -0.15) is 0 Å². The fourth-order valence-corrected chi connectivity index (χ4v) is 4.31. The second-order valence-electron chi connectivity index (χ2n) is 7.70. The third-order valence-electron chi connectivity index (χ3n) is 6.14. The van der Waals surface area contributed by atoms with Crippen molar-refractivity contribution in [3.8, 4) is 0 Å². The minimum Gasteiger partial charge on any atom is -0.481 e. The van der Waals surface area contributed by atoms with Crippen molar-refractivity contribution < 1.29 is 23.5 Å². The number of carbonyl (C=O) groups is 2. The number of amides is 1. The number of carboxylic acid groups (broad SMARTS) is 1. The number of carboxylic acids is 1. The number of carbonyl (C=O) groups excluding carboxylic acids is 1. The standard InChI is InChI=1S/C22H21F2NO3/c23-18-7-6-14(12-19(18)24)16-13-17(16)20(26)25-10-8-22(9-11-25,21(27)28)15-4-2-1-3-5-15/h1-7,12,16-17H,8-11,13H2,(H,27,28)/t16-,17+/m1/s1. The van der Waals surface area contributed by atoms with Gasteiger partial charge in [0, 0.05) is 19.0 Å². The van der Waals surface area contributed by atoms with Crippen molar-refractivity contribution in [2.45, 2.75) is 30.6 Å². The van der Waals surface area contributed by atoms with Crippen molar-refractivity contribution in [2.75, 3.05) is 13.1 Å². The molecular weight excluding hydrogens is 364 g/mol. The van der Waals surface area contributed by atoms with E-state index < -0.39 is 23.0 Å². The van der Waals surface area contributed by atoms with Crippen LogP contribution in [0.25, 0.3) is 0 Å². The van der Waals surface area contributed by atoms with Gasteiger partial charge in [0.05, 0.1) is 5.41 Å². The number of hydrogen-bond acceptors (Lipinski definition) is 2. The zero-order valence-corrected chi connectivity index (χ0v) is 15.3. The fraction of sp³-hybridized carbons (Fsp3) is 0.364. The molecular formula is C22H21F2NO3. The topological polar surface area (TPSA) is 57.6 Å². The van der Waals surface area contributed by atoms with Gasteiger partial charge in [-0.25, -0.2) is 8.78 Å². The monoisotopic (exact) mass is 385 g/mol. The molecule has 0 radical (unpaired) electrons. The molecule has 1 heterocycles. The molecule has 4 nitrogen and oxygen atoms in total. The average molecular weight is 385 g/mol. The molecule has 0 spiro atoms. The summed E-state index contributed by atoms with van der Waals surface area (Å²) in [6.45, 7) is 0.752. The normalized spacial score (nSPS) is 23.3. The highest BCUT2D eigenvalue weighted by molar-refractivity contribution is 5.85. The summed E-state index contributed by atoms with van der Waals surface area (Å²) in [7, 11) is 0. The number of piperidine rings is 1. The van der Waals surface area contributed by atoms with Crippen molar-refractivity contribution in [1.29, 1.82) is 0 Å². The largest absolute Gasteiger partial charge is 0.481 e. The predicted octanol–water partition coefficient (Wildman–Crippen LogP) is 3.71. The van der Waals surface area contributed by atoms with E-state index in [0.717, 1.165) is 17.7 Å². The molecule has 2 aromatic carbocycles. The van der Waals surface area contributed by atoms with Crippen molar-refractivity contribution in [3.05, 3.63) is 71.3 Å². The van der Waals surface area contributed by atoms with Crippen LogP contribution >= 0.6 is 0 Å². The second-order valence-corrected chi connectivity index (χ2v) is 7.70. The number of benzene rings is 2. The molecule has 2 aliphatic rings. The molecule has 1 amide bonds. The first-order chi connectivity index (χ1) is 13.4. The molecule has 6 heteroatoms. The zero-order chi connectivity index (χ0) is 19.9. The lowest BCUT2D eigenvalue weighted by Crippen LogP contribution is -2.49. The Kier molecular flexibility index (Phi) is 4.65. The van der Waals surface area contributed by atoms with Crippen LogP contribution in [0.5, 0.6) is 0 Å². The van der Waals surface area contributed by atoms with Gasteiger partial charge >= 0.3 is 5.97 Å². The predicted molar refractivity (Wildman–Crippen MR) is 98.8 cm³/mol. The first-order valence-corrected chi connectivity index (χ1v) is 9.45. The van der Waals surface area contributed by atoms with E-state index in [9.17, 15) is 23.5 Å². The average Bonchev–Trinajstić information content (AvgIpc) is 3.51. The SMILES string of the molecule is O=C([C@H]1C[C@@H]1c1ccc(F)c(F)c1)N1CCC(C(=O)O)(c2ccccc2)CC1. The van der Waals surface area contributed by atoms with Crippen LogP contribution in [0.2, 0.25) is 0 Å². The maximum atomic E-state index is 13.4. The van der Waals surface area contributed by atoms with E-state index in [1.165, 1.54) is 6.07 Å². The Morgan fingerprint density at radius 1 is 1.00 bits per heavy atom. The van der Waals surface area contributed by atoms with E-state index >= 15 is 0 Å². The van der Waals surface area contributed by atoms with Crippen LogP contribution in [0.4, 0.5) is 8.78 Å². The molecule has 1 saturated carbocycles. The van der Waals surface area contributed by atoms with Crippen molar-refractivity contribution in [2.24, 2.45) is 5.92 Å². The van der Waals surface area contributed by atoms with Crippen LogP contribution in [0, 0.1) is 17.6 Å². The lowest BCUT2D eigenvalue weighted by Gasteiger charge is -2.39. The summed E-state index contributed by atoms with van der Waals surface area (Å²) in [5, 5.41) is 9.86. The summed E-state index contributed by atoms with van der Waals surface area (Å²) >= 11 is 0. The molecule has 1 N–H and O–H groups in total. The van der Waals surface area contributed by atoms with Gasteiger partial charge in [-0.05, 0) is 48.4 Å². The van der Waals surface area contributed by atoms with Gasteiger partial charge in [0.2, 0.25) is 5.91 Å². The molecule has 28 heavy (non-hydrogen) atoms. The molecule has 2 fully saturated rings. The molecule has 1 saturated heterocycles. The summed E-state index contributed by atoms with van der Waals surface area (Å²) in [4.78, 5) is 26.6. The summed E-state index contributed by atoms with van der Waals surface area (Å²) in [5.41, 5.74) is 0.431. The van der Waals surface area contributed by atoms with Crippen LogP contribution < -0.4 is 0 Å². The first kappa shape index (κ1) is 18.6. The van der Waals surface area contributed by atoms with E-state index in [-0.39, 0.29) is 17.7 Å². The molecule has 1 aliphatic heterocycles. The molecule has 146 valence electrons. The Bertz CT molecular complexity index is 907. The third kappa shape index (κ3) is 3.17. The number of rotatable bonds is 4. The van der Waals surface area contributed by atoms with E-state index in [0.29, 0.717) is 37.9 Å². The number of nitrogens with zero attached hydrogens (tertiary/aromatic N) is 1. The van der Waals surface area contributed by atoms with Crippen LogP contribution in [0.15, 0.2) is 48.5 Å². The molecule has 0 aromatic heterocycles. The van der Waals surface area contributed by atoms with Crippen LogP contribution in [0.3, 0.4) is 0 Å². The van der Waals surface area contributed by atoms with Crippen molar-refractivity contribution >= 4 is 11.9 Å². The minimum absolute atomic E-state index is 0.0261. The van der Waals surface area contributed by atoms with E-state index in [1.54, 1.807) is 4.90 Å². The van der Waals surface area contributed by atoms with E-state index in [2.05, 4.69) is 0 Å². The highest BCUT2D eigenvalue weighted by atomic mass is 19.2. The van der Waals surface area contributed by atoms with Gasteiger partial charge in [-0.1, -0.05) is 36.4 Å². The fourth-order valence-electron chi connectivity index (χ4n) is 4.31. The Labute approximate surface area is 161 Å². The second kappa shape index (κ2) is 7.00. The summed E-state index contributed by atoms with van der Waals surface area (Å²) in [5.74, 6) is -3.02. The Hall–Kier alpha value is -2.76. The number of likely N-dealkylation sites (tertiary alicyclic amines) is 1. The molecule has 2 aromatic rings. The Morgan fingerprint density at radius 3 is 2.29 bits per heavy atom. The number of aliphatic carboxylic acids is 1. The molecule has 2 atom stereocenters. The maximum absolute atomic E-state index is 13.4. The quantitative estimate of drug-likeness (QED) is 0.873. The number of halogens is 2. The van der Waals surface area contributed by atoms with Gasteiger partial charge in [0.25, 0.3) is 0 Å². The summed E-state index contributed by atoms with van der Waals surface area (Å²) < 4.78 is 26.6. The lowest BCUT2D eigenvalue weighted by atomic mass is 9.73. The van der Waals surface area contributed by atoms with Crippen LogP contribution in [0.1, 0.15) is 36.3 Å². The highest BCUT2D eigenvalue weighted by Gasteiger charge is 2.49. The van der Waals surface area contributed by atoms with Crippen LogP contribution in [-0.2, 0) is 15.0 Å². The Morgan fingerprint density at radius 2 is 1.68 bits per heavy atom. The first-order valence-electron chi connectivity index (χ1n) is 9.45. The van der Waals surface area contributed by atoms with Gasteiger partial charge < -0.3 is 10.0 Å². The van der Waals surface area contributed by atoms with Crippen LogP contribution in [-0.4, -0.2) is 35.0 Å². The number of hydrogen-bond donors (Lipinski definition) is 1. The van der Waals surface area contributed by atoms with Crippen molar-refractivity contribution in [1.82, 2.24) is 4.90 Å². The maximum Gasteiger partial charge on any atom is 0.314 e. The Balaban J connectivity index is 1.43. The summed E-state index contributed by atoms with van der Waals surface area (Å²) in [6, 6.07) is 12.9. The smallest absolute Gasteiger partial charge is 0.314 e. The molecule has 0 unspecified atom stereocenters. The molecule has 4 rings (SSSR count). The highest BCUT2D eigenvalue weighted by Crippen LogP contribution is 2.49. The van der Waals surface area contributed by atoms with Gasteiger partial charge in [-0.15, -0.1) is 0 Å². The zero-order valence-electron chi connectivity index (χ0n) is 15.3. The van der Waals surface area contributed by atoms with Gasteiger partial charge in [0.1, 0.15) is 0 Å². The molecule has 0 bridgehead atoms. The lowest BCUT2D eigenvalue weighted by molar-refractivity contribution is -0.148. The summed E-state index contributed by atoms with van der Waals surface area (Å²) in [6.07, 6.45) is 1.34. The van der Waals surface area contributed by atoms with Gasteiger partial charge in [0.15, 0.2) is 11.6 Å². The minimum atomic E-state index is -0.971. The van der Waals surface area contributed by atoms with E-state index in [4.69, 9.17) is 0 Å². The molecule has 1 aliphatic carbocycles. The van der Waals surface area contributed by atoms with E-state index in [1.807, 2.05) is 30.3 Å². The third-order valence-corrected chi connectivity index (χ3v) is 6.14. The van der Waals surface area contributed by atoms with Gasteiger partial charge in [-0.3, -0.25) is 9.59 Å². The van der Waals surface area contributed by atoms with Crippen molar-refractivity contribution in [3.63, 3.8) is 0 Å².